The van der Waals surface area contributed by atoms with E-state index in [0.717, 1.165) is 0 Å². The molecule has 88 valence electrons. The van der Waals surface area contributed by atoms with Gasteiger partial charge in [0.2, 0.25) is 0 Å². The second-order valence-corrected chi connectivity index (χ2v) is 3.68. The summed E-state index contributed by atoms with van der Waals surface area (Å²) in [6, 6.07) is -0.436. The molecule has 0 aliphatic carbocycles. The molecule has 0 saturated carbocycles. The van der Waals surface area contributed by atoms with E-state index in [4.69, 9.17) is 11.6 Å². The van der Waals surface area contributed by atoms with Crippen LogP contribution >= 0.6 is 11.6 Å². The molecule has 1 aromatic heterocycles. The molecule has 7 heteroatoms. The van der Waals surface area contributed by atoms with Crippen molar-refractivity contribution in [3.63, 3.8) is 0 Å². The van der Waals surface area contributed by atoms with Crippen LogP contribution in [-0.4, -0.2) is 22.6 Å². The third kappa shape index (κ3) is 2.73. The molecule has 0 saturated heterocycles. The lowest BCUT2D eigenvalue weighted by atomic mass is 10.2. The highest BCUT2D eigenvalue weighted by atomic mass is 35.5. The number of aromatic nitrogens is 2. The summed E-state index contributed by atoms with van der Waals surface area (Å²) in [5.74, 6) is -0.443. The zero-order chi connectivity index (χ0) is 12.3. The highest BCUT2D eigenvalue weighted by Crippen LogP contribution is 2.09. The molecule has 16 heavy (non-hydrogen) atoms. The van der Waals surface area contributed by atoms with Crippen LogP contribution in [0.4, 0.5) is 0 Å². The van der Waals surface area contributed by atoms with E-state index in [1.165, 1.54) is 17.9 Å². The lowest BCUT2D eigenvalue weighted by Crippen LogP contribution is -2.32. The van der Waals surface area contributed by atoms with Crippen LogP contribution < -0.4 is 11.2 Å². The number of nitrogens with one attached hydrogen (secondary N) is 1. The van der Waals surface area contributed by atoms with Crippen molar-refractivity contribution in [1.82, 2.24) is 9.55 Å². The lowest BCUT2D eigenvalue weighted by Gasteiger charge is -2.12. The maximum absolute atomic E-state index is 11.4. The predicted octanol–water partition coefficient (Wildman–Crippen LogP) is 0.314. The number of nitrogens with zero attached hydrogens (tertiary/aromatic N) is 1. The molecule has 1 aromatic rings. The molecular formula is C9H11ClN2O4. The Hall–Kier alpha value is -1.56. The van der Waals surface area contributed by atoms with Crippen LogP contribution in [0.15, 0.2) is 15.8 Å². The molecule has 0 radical (unpaired) electrons. The Labute approximate surface area is 95.8 Å². The maximum Gasteiger partial charge on any atom is 0.328 e. The van der Waals surface area contributed by atoms with Crippen LogP contribution in [0.25, 0.3) is 0 Å². The van der Waals surface area contributed by atoms with Crippen molar-refractivity contribution in [3.8, 4) is 0 Å². The summed E-state index contributed by atoms with van der Waals surface area (Å²) in [4.78, 5) is 35.5. The van der Waals surface area contributed by atoms with Gasteiger partial charge in [-0.15, -0.1) is 0 Å². The van der Waals surface area contributed by atoms with E-state index in [0.29, 0.717) is 0 Å². The molecule has 0 amide bonds. The second kappa shape index (κ2) is 4.98. The van der Waals surface area contributed by atoms with Gasteiger partial charge in [0.1, 0.15) is 5.02 Å². The monoisotopic (exact) mass is 246 g/mol. The summed E-state index contributed by atoms with van der Waals surface area (Å²) in [5, 5.41) is -0.101. The van der Waals surface area contributed by atoms with Gasteiger partial charge in [0.05, 0.1) is 13.5 Å². The first kappa shape index (κ1) is 12.5. The van der Waals surface area contributed by atoms with Crippen molar-refractivity contribution < 1.29 is 9.53 Å². The number of rotatable bonds is 3. The molecule has 0 spiro atoms. The molecule has 0 bridgehead atoms. The molecule has 1 N–H and O–H groups in total. The van der Waals surface area contributed by atoms with Gasteiger partial charge in [-0.2, -0.15) is 0 Å². The Morgan fingerprint density at radius 3 is 2.81 bits per heavy atom. The minimum Gasteiger partial charge on any atom is -0.469 e. The fourth-order valence-electron chi connectivity index (χ4n) is 1.21. The third-order valence-corrected chi connectivity index (χ3v) is 2.36. The standard InChI is InChI=1S/C9H11ClN2O4/c1-5(3-7(13)16-2)12-4-6(10)8(14)11-9(12)15/h4-5H,3H2,1-2H3,(H,11,14,15). The van der Waals surface area contributed by atoms with Crippen LogP contribution in [-0.2, 0) is 9.53 Å². The van der Waals surface area contributed by atoms with Gasteiger partial charge in [-0.3, -0.25) is 19.1 Å². The fraction of sp³-hybridized carbons (Fsp3) is 0.444. The van der Waals surface area contributed by atoms with Crippen molar-refractivity contribution in [1.29, 1.82) is 0 Å². The minimum absolute atomic E-state index is 0.0266. The number of ether oxygens (including phenoxy) is 1. The van der Waals surface area contributed by atoms with Crippen LogP contribution in [0.1, 0.15) is 19.4 Å². The highest BCUT2D eigenvalue weighted by molar-refractivity contribution is 6.30. The van der Waals surface area contributed by atoms with Gasteiger partial charge in [0.15, 0.2) is 0 Å². The Bertz CT molecular complexity index is 505. The zero-order valence-corrected chi connectivity index (χ0v) is 9.58. The molecule has 1 rings (SSSR count). The van der Waals surface area contributed by atoms with E-state index in [-0.39, 0.29) is 11.4 Å². The van der Waals surface area contributed by atoms with Crippen molar-refractivity contribution in [2.45, 2.75) is 19.4 Å². The Kier molecular flexibility index (Phi) is 3.89. The number of aromatic amines is 1. The van der Waals surface area contributed by atoms with Crippen LogP contribution in [0, 0.1) is 0 Å². The van der Waals surface area contributed by atoms with Crippen LogP contribution in [0.5, 0.6) is 0 Å². The first-order valence-corrected chi connectivity index (χ1v) is 4.91. The van der Waals surface area contributed by atoms with E-state index in [9.17, 15) is 14.4 Å². The fourth-order valence-corrected chi connectivity index (χ4v) is 1.36. The Balaban J connectivity index is 3.05. The summed E-state index contributed by atoms with van der Waals surface area (Å²) >= 11 is 5.58. The van der Waals surface area contributed by atoms with E-state index < -0.39 is 23.3 Å². The second-order valence-electron chi connectivity index (χ2n) is 3.27. The number of hydrogen-bond acceptors (Lipinski definition) is 4. The normalized spacial score (nSPS) is 12.2. The van der Waals surface area contributed by atoms with Gasteiger partial charge in [0.25, 0.3) is 5.56 Å². The highest BCUT2D eigenvalue weighted by Gasteiger charge is 2.13. The number of halogens is 1. The van der Waals surface area contributed by atoms with Crippen molar-refractivity contribution in [2.24, 2.45) is 0 Å². The third-order valence-electron chi connectivity index (χ3n) is 2.09. The number of methoxy groups -OCH3 is 1. The summed E-state index contributed by atoms with van der Waals surface area (Å²) in [6.07, 6.45) is 1.23. The summed E-state index contributed by atoms with van der Waals surface area (Å²) in [6.45, 7) is 1.65. The lowest BCUT2D eigenvalue weighted by molar-refractivity contribution is -0.141. The maximum atomic E-state index is 11.4. The Morgan fingerprint density at radius 2 is 2.25 bits per heavy atom. The molecule has 0 fully saturated rings. The number of carbonyl (C=O) groups is 1. The van der Waals surface area contributed by atoms with Crippen LogP contribution in [0.3, 0.4) is 0 Å². The first-order chi connectivity index (χ1) is 7.45. The molecule has 1 heterocycles. The van der Waals surface area contributed by atoms with E-state index in [1.807, 2.05) is 4.98 Å². The molecule has 0 aliphatic rings. The van der Waals surface area contributed by atoms with E-state index >= 15 is 0 Å². The summed E-state index contributed by atoms with van der Waals surface area (Å²) < 4.78 is 5.66. The quantitative estimate of drug-likeness (QED) is 0.779. The van der Waals surface area contributed by atoms with E-state index in [2.05, 4.69) is 4.74 Å². The number of hydrogen-bond donors (Lipinski definition) is 1. The smallest absolute Gasteiger partial charge is 0.328 e. The van der Waals surface area contributed by atoms with Crippen molar-refractivity contribution >= 4 is 17.6 Å². The summed E-state index contributed by atoms with van der Waals surface area (Å²) in [7, 11) is 1.26. The largest absolute Gasteiger partial charge is 0.469 e. The molecule has 0 aromatic carbocycles. The zero-order valence-electron chi connectivity index (χ0n) is 8.82. The molecular weight excluding hydrogens is 236 g/mol. The van der Waals surface area contributed by atoms with Gasteiger partial charge in [-0.05, 0) is 6.92 Å². The molecule has 6 nitrogen and oxygen atoms in total. The SMILES string of the molecule is COC(=O)CC(C)n1cc(Cl)c(=O)[nH]c1=O. The van der Waals surface area contributed by atoms with Crippen molar-refractivity contribution in [2.75, 3.05) is 7.11 Å². The number of carbonyl (C=O) groups excluding carboxylic acids is 1. The van der Waals surface area contributed by atoms with Gasteiger partial charge < -0.3 is 4.74 Å². The average Bonchev–Trinajstić information content (AvgIpc) is 2.23. The summed E-state index contributed by atoms with van der Waals surface area (Å²) in [5.41, 5.74) is -1.25. The molecule has 1 unspecified atom stereocenters. The molecule has 0 aliphatic heterocycles. The topological polar surface area (TPSA) is 81.2 Å². The van der Waals surface area contributed by atoms with Gasteiger partial charge >= 0.3 is 11.7 Å². The Morgan fingerprint density at radius 1 is 1.62 bits per heavy atom. The minimum atomic E-state index is -0.645. The molecule has 1 atom stereocenters. The van der Waals surface area contributed by atoms with Gasteiger partial charge in [-0.1, -0.05) is 11.6 Å². The van der Waals surface area contributed by atoms with Crippen molar-refractivity contribution in [3.05, 3.63) is 32.1 Å². The average molecular weight is 247 g/mol. The number of H-pyrrole nitrogens is 1. The van der Waals surface area contributed by atoms with Gasteiger partial charge in [0, 0.05) is 12.2 Å². The predicted molar refractivity (Wildman–Crippen MR) is 57.7 cm³/mol. The number of esters is 1. The first-order valence-electron chi connectivity index (χ1n) is 4.53. The van der Waals surface area contributed by atoms with E-state index in [1.54, 1.807) is 6.92 Å². The van der Waals surface area contributed by atoms with Crippen LogP contribution in [0.2, 0.25) is 5.02 Å². The van der Waals surface area contributed by atoms with Gasteiger partial charge in [-0.25, -0.2) is 4.79 Å².